The molecule has 0 spiro atoms. The van der Waals surface area contributed by atoms with Gasteiger partial charge in [0.1, 0.15) is 0 Å². The lowest BCUT2D eigenvalue weighted by atomic mass is 10.2. The van der Waals surface area contributed by atoms with Crippen LogP contribution in [0.1, 0.15) is 22.0 Å². The highest BCUT2D eigenvalue weighted by Crippen LogP contribution is 2.20. The van der Waals surface area contributed by atoms with E-state index in [4.69, 9.17) is 0 Å². The van der Waals surface area contributed by atoms with Crippen LogP contribution in [0.3, 0.4) is 0 Å². The molecule has 0 bridgehead atoms. The Hall–Kier alpha value is -0.160. The molecule has 1 saturated heterocycles. The minimum Gasteiger partial charge on any atom is -0.315 e. The first-order valence-electron chi connectivity index (χ1n) is 5.50. The third-order valence-corrected chi connectivity index (χ3v) is 4.11. The molecule has 1 aromatic rings. The van der Waals surface area contributed by atoms with Gasteiger partial charge in [-0.05, 0) is 33.9 Å². The van der Waals surface area contributed by atoms with Crippen LogP contribution in [0.4, 0.5) is 0 Å². The highest BCUT2D eigenvalue weighted by atomic mass is 35.5. The van der Waals surface area contributed by atoms with Crippen molar-refractivity contribution in [2.24, 2.45) is 0 Å². The Bertz CT molecular complexity index is 334. The first-order valence-corrected chi connectivity index (χ1v) is 6.32. The van der Waals surface area contributed by atoms with Crippen LogP contribution in [0.15, 0.2) is 0 Å². The minimum atomic E-state index is 0. The molecule has 2 heterocycles. The number of hydrogen-bond acceptors (Lipinski definition) is 4. The van der Waals surface area contributed by atoms with Gasteiger partial charge in [0, 0.05) is 24.0 Å². The van der Waals surface area contributed by atoms with Crippen molar-refractivity contribution in [2.75, 3.05) is 20.1 Å². The fraction of sp³-hybridized carbons (Fsp3) is 0.727. The van der Waals surface area contributed by atoms with Gasteiger partial charge in [-0.15, -0.1) is 23.7 Å². The van der Waals surface area contributed by atoms with Crippen molar-refractivity contribution >= 4 is 23.7 Å². The average molecular weight is 262 g/mol. The Kier molecular flexibility index (Phi) is 5.18. The quantitative estimate of drug-likeness (QED) is 0.902. The molecule has 0 aliphatic carbocycles. The van der Waals surface area contributed by atoms with Gasteiger partial charge in [-0.1, -0.05) is 0 Å². The molecule has 0 radical (unpaired) electrons. The Balaban J connectivity index is 0.00000128. The molecule has 1 aromatic heterocycles. The number of aromatic nitrogens is 1. The maximum atomic E-state index is 4.47. The van der Waals surface area contributed by atoms with Crippen LogP contribution in [0, 0.1) is 13.8 Å². The summed E-state index contributed by atoms with van der Waals surface area (Å²) < 4.78 is 0. The van der Waals surface area contributed by atoms with E-state index < -0.39 is 0 Å². The van der Waals surface area contributed by atoms with Gasteiger partial charge in [-0.2, -0.15) is 0 Å². The topological polar surface area (TPSA) is 28.2 Å². The van der Waals surface area contributed by atoms with Crippen LogP contribution in [0.2, 0.25) is 0 Å². The molecule has 5 heteroatoms. The van der Waals surface area contributed by atoms with Gasteiger partial charge in [0.25, 0.3) is 0 Å². The van der Waals surface area contributed by atoms with Crippen LogP contribution < -0.4 is 5.32 Å². The van der Waals surface area contributed by atoms with Crippen LogP contribution >= 0.6 is 23.7 Å². The standard InChI is InChI=1S/C11H19N3S.ClH/c1-8-11(15-9(2)13-8)7-14(3)10-4-5-12-6-10;/h10,12H,4-7H2,1-3H3;1H. The number of hydrogen-bond donors (Lipinski definition) is 1. The molecule has 0 saturated carbocycles. The predicted molar refractivity (Wildman–Crippen MR) is 71.6 cm³/mol. The second-order valence-corrected chi connectivity index (χ2v) is 5.59. The first kappa shape index (κ1) is 13.9. The van der Waals surface area contributed by atoms with Crippen molar-refractivity contribution in [3.63, 3.8) is 0 Å². The lowest BCUT2D eigenvalue weighted by Gasteiger charge is -2.22. The van der Waals surface area contributed by atoms with Gasteiger partial charge in [0.15, 0.2) is 0 Å². The molecule has 1 atom stereocenters. The summed E-state index contributed by atoms with van der Waals surface area (Å²) in [5.74, 6) is 0. The summed E-state index contributed by atoms with van der Waals surface area (Å²) in [5, 5.41) is 4.59. The van der Waals surface area contributed by atoms with E-state index in [1.165, 1.54) is 22.0 Å². The Labute approximate surface area is 108 Å². The molecule has 1 aliphatic heterocycles. The number of nitrogens with one attached hydrogen (secondary N) is 1. The predicted octanol–water partition coefficient (Wildman–Crippen LogP) is 1.98. The van der Waals surface area contributed by atoms with Crippen molar-refractivity contribution in [1.82, 2.24) is 15.2 Å². The van der Waals surface area contributed by atoms with Crippen molar-refractivity contribution in [2.45, 2.75) is 32.9 Å². The Morgan fingerprint density at radius 2 is 2.25 bits per heavy atom. The van der Waals surface area contributed by atoms with Gasteiger partial charge in [0.2, 0.25) is 0 Å². The highest BCUT2D eigenvalue weighted by molar-refractivity contribution is 7.11. The second-order valence-electron chi connectivity index (χ2n) is 4.30. The first-order chi connectivity index (χ1) is 7.16. The zero-order valence-corrected chi connectivity index (χ0v) is 11.7. The van der Waals surface area contributed by atoms with Gasteiger partial charge in [-0.25, -0.2) is 4.98 Å². The summed E-state index contributed by atoms with van der Waals surface area (Å²) in [6.07, 6.45) is 1.27. The number of nitrogens with zero attached hydrogens (tertiary/aromatic N) is 2. The third kappa shape index (κ3) is 3.17. The Morgan fingerprint density at radius 3 is 2.75 bits per heavy atom. The molecule has 3 nitrogen and oxygen atoms in total. The maximum Gasteiger partial charge on any atom is 0.0900 e. The molecule has 1 N–H and O–H groups in total. The summed E-state index contributed by atoms with van der Waals surface area (Å²) in [7, 11) is 2.21. The van der Waals surface area contributed by atoms with Crippen LogP contribution in [-0.2, 0) is 6.54 Å². The Morgan fingerprint density at radius 1 is 1.50 bits per heavy atom. The van der Waals surface area contributed by atoms with Gasteiger partial charge in [-0.3, -0.25) is 4.90 Å². The molecule has 0 amide bonds. The van der Waals surface area contributed by atoms with Crippen molar-refractivity contribution < 1.29 is 0 Å². The number of rotatable bonds is 3. The van der Waals surface area contributed by atoms with Gasteiger partial charge < -0.3 is 5.32 Å². The third-order valence-electron chi connectivity index (χ3n) is 3.05. The van der Waals surface area contributed by atoms with Gasteiger partial charge >= 0.3 is 0 Å². The van der Waals surface area contributed by atoms with Crippen molar-refractivity contribution in [1.29, 1.82) is 0 Å². The van der Waals surface area contributed by atoms with E-state index in [-0.39, 0.29) is 12.4 Å². The fourth-order valence-electron chi connectivity index (χ4n) is 2.09. The van der Waals surface area contributed by atoms with Crippen LogP contribution in [0.5, 0.6) is 0 Å². The largest absolute Gasteiger partial charge is 0.315 e. The molecule has 1 fully saturated rings. The minimum absolute atomic E-state index is 0. The number of aryl methyl sites for hydroxylation is 2. The van der Waals surface area contributed by atoms with E-state index in [1.807, 2.05) is 11.3 Å². The van der Waals surface area contributed by atoms with Gasteiger partial charge in [0.05, 0.1) is 10.7 Å². The lowest BCUT2D eigenvalue weighted by Crippen LogP contribution is -2.32. The van der Waals surface area contributed by atoms with E-state index in [0.29, 0.717) is 6.04 Å². The molecular weight excluding hydrogens is 242 g/mol. The monoisotopic (exact) mass is 261 g/mol. The molecule has 0 aromatic carbocycles. The molecule has 1 aliphatic rings. The summed E-state index contributed by atoms with van der Waals surface area (Å²) >= 11 is 1.83. The summed E-state index contributed by atoms with van der Waals surface area (Å²) in [4.78, 5) is 8.33. The zero-order valence-electron chi connectivity index (χ0n) is 10.1. The van der Waals surface area contributed by atoms with Crippen molar-refractivity contribution in [3.05, 3.63) is 15.6 Å². The average Bonchev–Trinajstić information content (AvgIpc) is 2.76. The van der Waals surface area contributed by atoms with E-state index in [9.17, 15) is 0 Å². The highest BCUT2D eigenvalue weighted by Gasteiger charge is 2.20. The van der Waals surface area contributed by atoms with E-state index in [2.05, 4.69) is 36.1 Å². The molecule has 2 rings (SSSR count). The maximum absolute atomic E-state index is 4.47. The van der Waals surface area contributed by atoms with Crippen molar-refractivity contribution in [3.8, 4) is 0 Å². The van der Waals surface area contributed by atoms with Crippen LogP contribution in [0.25, 0.3) is 0 Å². The second kappa shape index (κ2) is 5.96. The molecule has 16 heavy (non-hydrogen) atoms. The number of thiazole rings is 1. The fourth-order valence-corrected chi connectivity index (χ4v) is 3.09. The summed E-state index contributed by atoms with van der Waals surface area (Å²) in [6, 6.07) is 0.701. The zero-order chi connectivity index (χ0) is 10.8. The molecular formula is C11H20ClN3S. The smallest absolute Gasteiger partial charge is 0.0900 e. The molecule has 92 valence electrons. The normalized spacial score (nSPS) is 20.1. The van der Waals surface area contributed by atoms with Crippen LogP contribution in [-0.4, -0.2) is 36.1 Å². The molecule has 1 unspecified atom stereocenters. The summed E-state index contributed by atoms with van der Waals surface area (Å²) in [6.45, 7) is 7.53. The number of likely N-dealkylation sites (N-methyl/N-ethyl adjacent to an activating group) is 1. The van der Waals surface area contributed by atoms with E-state index >= 15 is 0 Å². The SMILES string of the molecule is Cc1nc(C)c(CN(C)C2CCNC2)s1.Cl. The van der Waals surface area contributed by atoms with E-state index in [1.54, 1.807) is 0 Å². The summed E-state index contributed by atoms with van der Waals surface area (Å²) in [5.41, 5.74) is 1.20. The number of halogens is 1. The van der Waals surface area contributed by atoms with E-state index in [0.717, 1.165) is 19.6 Å². The lowest BCUT2D eigenvalue weighted by molar-refractivity contribution is 0.250.